The Morgan fingerprint density at radius 1 is 1.28 bits per heavy atom. The monoisotopic (exact) mass is 361 g/mol. The molecule has 130 valence electrons. The van der Waals surface area contributed by atoms with Crippen molar-refractivity contribution in [1.29, 1.82) is 0 Å². The van der Waals surface area contributed by atoms with Gasteiger partial charge < -0.3 is 20.8 Å². The molecule has 5 N–H and O–H groups in total. The molecule has 0 aromatic carbocycles. The van der Waals surface area contributed by atoms with Gasteiger partial charge in [0.25, 0.3) is 0 Å². The summed E-state index contributed by atoms with van der Waals surface area (Å²) in [6, 6.07) is 1.65. The normalized spacial score (nSPS) is 17.2. The van der Waals surface area contributed by atoms with Gasteiger partial charge >= 0.3 is 0 Å². The third-order valence-electron chi connectivity index (χ3n) is 4.34. The molecule has 0 spiro atoms. The van der Waals surface area contributed by atoms with Crippen molar-refractivity contribution in [2.75, 3.05) is 18.0 Å². The number of fused-ring (bicyclic) bond motifs is 1. The lowest BCUT2D eigenvalue weighted by Crippen LogP contribution is -2.50. The number of nitrogens with two attached hydrogens (primary N) is 1. The van der Waals surface area contributed by atoms with Crippen molar-refractivity contribution in [3.8, 4) is 17.1 Å². The van der Waals surface area contributed by atoms with Gasteiger partial charge in [0.1, 0.15) is 27.8 Å². The van der Waals surface area contributed by atoms with Crippen LogP contribution in [0.15, 0.2) is 18.5 Å². The summed E-state index contributed by atoms with van der Waals surface area (Å²) in [5.74, 6) is 0.421. The Bertz CT molecular complexity index is 933. The molecule has 0 radical (unpaired) electrons. The van der Waals surface area contributed by atoms with Gasteiger partial charge in [0.15, 0.2) is 5.65 Å². The summed E-state index contributed by atoms with van der Waals surface area (Å²) in [6.07, 6.45) is 4.03. The fourth-order valence-electron chi connectivity index (χ4n) is 2.87. The SMILES string of the molecule is NC1(O)CCN(c2cnc3c(-c4ccnc(O)c4Cl)n[nH]c3n2)CC1. The minimum atomic E-state index is -1.12. The lowest BCUT2D eigenvalue weighted by molar-refractivity contribution is 0.0225. The van der Waals surface area contributed by atoms with Crippen LogP contribution in [-0.4, -0.2) is 54.2 Å². The van der Waals surface area contributed by atoms with Gasteiger partial charge in [-0.3, -0.25) is 5.10 Å². The summed E-state index contributed by atoms with van der Waals surface area (Å²) < 4.78 is 0. The number of hydrogen-bond acceptors (Lipinski definition) is 8. The van der Waals surface area contributed by atoms with Crippen molar-refractivity contribution in [2.24, 2.45) is 5.73 Å². The van der Waals surface area contributed by atoms with Gasteiger partial charge in [0.05, 0.1) is 6.20 Å². The van der Waals surface area contributed by atoms with Crippen LogP contribution in [0.1, 0.15) is 12.8 Å². The van der Waals surface area contributed by atoms with E-state index in [9.17, 15) is 10.2 Å². The first-order chi connectivity index (χ1) is 11.9. The number of pyridine rings is 1. The van der Waals surface area contributed by atoms with Gasteiger partial charge in [-0.25, -0.2) is 15.0 Å². The molecule has 0 aliphatic carbocycles. The average molecular weight is 362 g/mol. The molecular weight excluding hydrogens is 346 g/mol. The first-order valence-electron chi connectivity index (χ1n) is 7.76. The smallest absolute Gasteiger partial charge is 0.230 e. The number of halogens is 1. The molecule has 0 atom stereocenters. The summed E-state index contributed by atoms with van der Waals surface area (Å²) in [7, 11) is 0. The third kappa shape index (κ3) is 2.86. The number of piperidine rings is 1. The van der Waals surface area contributed by atoms with Gasteiger partial charge in [-0.1, -0.05) is 11.6 Å². The topological polar surface area (TPSA) is 137 Å². The van der Waals surface area contributed by atoms with Crippen LogP contribution in [0.2, 0.25) is 5.02 Å². The Morgan fingerprint density at radius 3 is 2.80 bits per heavy atom. The molecule has 0 unspecified atom stereocenters. The summed E-state index contributed by atoms with van der Waals surface area (Å²) in [6.45, 7) is 1.19. The number of aromatic nitrogens is 5. The van der Waals surface area contributed by atoms with E-state index in [0.29, 0.717) is 54.2 Å². The molecule has 9 nitrogen and oxygen atoms in total. The molecule has 0 amide bonds. The fourth-order valence-corrected chi connectivity index (χ4v) is 3.07. The highest BCUT2D eigenvalue weighted by molar-refractivity contribution is 6.34. The maximum atomic E-state index is 9.85. The summed E-state index contributed by atoms with van der Waals surface area (Å²) in [5.41, 5.74) is 6.69. The average Bonchev–Trinajstić information content (AvgIpc) is 3.00. The van der Waals surface area contributed by atoms with Gasteiger partial charge in [0.2, 0.25) is 5.88 Å². The number of aromatic hydroxyl groups is 1. The second-order valence-corrected chi connectivity index (χ2v) is 6.46. The zero-order valence-corrected chi connectivity index (χ0v) is 13.9. The zero-order chi connectivity index (χ0) is 17.6. The number of aromatic amines is 1. The molecule has 1 fully saturated rings. The quantitative estimate of drug-likeness (QED) is 0.496. The van der Waals surface area contributed by atoms with Gasteiger partial charge in [0, 0.05) is 37.7 Å². The van der Waals surface area contributed by atoms with Crippen molar-refractivity contribution >= 4 is 28.6 Å². The Hall–Kier alpha value is -2.49. The fraction of sp³-hybridized carbons (Fsp3) is 0.333. The van der Waals surface area contributed by atoms with E-state index in [4.69, 9.17) is 17.3 Å². The molecule has 1 aliphatic rings. The largest absolute Gasteiger partial charge is 0.492 e. The first kappa shape index (κ1) is 16.0. The maximum absolute atomic E-state index is 9.85. The van der Waals surface area contributed by atoms with Crippen molar-refractivity contribution in [3.05, 3.63) is 23.5 Å². The van der Waals surface area contributed by atoms with Crippen LogP contribution in [0, 0.1) is 0 Å². The van der Waals surface area contributed by atoms with E-state index in [1.54, 1.807) is 12.3 Å². The minimum Gasteiger partial charge on any atom is -0.492 e. The standard InChI is InChI=1S/C15H16ClN7O2/c16-10-8(1-4-18-14(10)24)11-12-13(22-21-11)20-9(7-19-12)23-5-2-15(17,25)3-6-23/h1,4,7,25H,2-3,5-6,17H2,(H,18,24)(H,20,21,22). The molecule has 4 heterocycles. The summed E-state index contributed by atoms with van der Waals surface area (Å²) >= 11 is 6.11. The highest BCUT2D eigenvalue weighted by Gasteiger charge is 2.29. The van der Waals surface area contributed by atoms with Crippen molar-refractivity contribution < 1.29 is 10.2 Å². The maximum Gasteiger partial charge on any atom is 0.230 e. The van der Waals surface area contributed by atoms with Crippen molar-refractivity contribution in [3.63, 3.8) is 0 Å². The predicted octanol–water partition coefficient (Wildman–Crippen LogP) is 1.02. The van der Waals surface area contributed by atoms with Gasteiger partial charge in [-0.05, 0) is 6.07 Å². The predicted molar refractivity (Wildman–Crippen MR) is 92.2 cm³/mol. The van der Waals surface area contributed by atoms with E-state index >= 15 is 0 Å². The van der Waals surface area contributed by atoms with Crippen LogP contribution in [0.5, 0.6) is 5.88 Å². The number of rotatable bonds is 2. The molecule has 3 aromatic heterocycles. The van der Waals surface area contributed by atoms with Crippen LogP contribution >= 0.6 is 11.6 Å². The van der Waals surface area contributed by atoms with Crippen LogP contribution in [0.3, 0.4) is 0 Å². The number of hydrogen-bond donors (Lipinski definition) is 4. The van der Waals surface area contributed by atoms with E-state index in [-0.39, 0.29) is 10.9 Å². The number of H-pyrrole nitrogens is 1. The van der Waals surface area contributed by atoms with Crippen molar-refractivity contribution in [1.82, 2.24) is 25.1 Å². The third-order valence-corrected chi connectivity index (χ3v) is 4.71. The van der Waals surface area contributed by atoms with E-state index in [1.165, 1.54) is 6.20 Å². The number of aliphatic hydroxyl groups is 1. The molecule has 1 saturated heterocycles. The lowest BCUT2D eigenvalue weighted by atomic mass is 10.0. The number of nitrogens with one attached hydrogen (secondary N) is 1. The van der Waals surface area contributed by atoms with Gasteiger partial charge in [-0.15, -0.1) is 0 Å². The van der Waals surface area contributed by atoms with E-state index in [2.05, 4.69) is 25.1 Å². The summed E-state index contributed by atoms with van der Waals surface area (Å²) in [4.78, 5) is 14.7. The number of nitrogens with zero attached hydrogens (tertiary/aromatic N) is 5. The van der Waals surface area contributed by atoms with Crippen LogP contribution < -0.4 is 10.6 Å². The Labute approximate surface area is 147 Å². The second kappa shape index (κ2) is 5.80. The molecule has 0 saturated carbocycles. The highest BCUT2D eigenvalue weighted by Crippen LogP contribution is 2.34. The Morgan fingerprint density at radius 2 is 2.04 bits per heavy atom. The molecule has 4 rings (SSSR count). The molecule has 25 heavy (non-hydrogen) atoms. The lowest BCUT2D eigenvalue weighted by Gasteiger charge is -2.35. The van der Waals surface area contributed by atoms with Crippen LogP contribution in [0.25, 0.3) is 22.4 Å². The van der Waals surface area contributed by atoms with Crippen molar-refractivity contribution in [2.45, 2.75) is 18.6 Å². The molecule has 3 aromatic rings. The molecular formula is C15H16ClN7O2. The molecule has 0 bridgehead atoms. The second-order valence-electron chi connectivity index (χ2n) is 6.08. The molecule has 1 aliphatic heterocycles. The Balaban J connectivity index is 1.69. The van der Waals surface area contributed by atoms with E-state index in [0.717, 1.165) is 0 Å². The van der Waals surface area contributed by atoms with E-state index in [1.807, 2.05) is 4.90 Å². The summed E-state index contributed by atoms with van der Waals surface area (Å²) in [5, 5.41) is 26.7. The zero-order valence-electron chi connectivity index (χ0n) is 13.1. The van der Waals surface area contributed by atoms with Crippen LogP contribution in [-0.2, 0) is 0 Å². The van der Waals surface area contributed by atoms with E-state index < -0.39 is 5.72 Å². The highest BCUT2D eigenvalue weighted by atomic mass is 35.5. The van der Waals surface area contributed by atoms with Crippen LogP contribution in [0.4, 0.5) is 5.82 Å². The first-order valence-corrected chi connectivity index (χ1v) is 8.13. The number of anilines is 1. The minimum absolute atomic E-state index is 0.111. The van der Waals surface area contributed by atoms with Gasteiger partial charge in [-0.2, -0.15) is 5.10 Å². The molecule has 10 heteroatoms. The Kier molecular flexibility index (Phi) is 3.71.